The van der Waals surface area contributed by atoms with Gasteiger partial charge in [0.15, 0.2) is 0 Å². The van der Waals surface area contributed by atoms with Gasteiger partial charge in [0.1, 0.15) is 11.3 Å². The van der Waals surface area contributed by atoms with Crippen molar-refractivity contribution >= 4 is 16.9 Å². The zero-order valence-electron chi connectivity index (χ0n) is 13.5. The SMILES string of the molecule is O=C(O)c1ccccc1O.c1ccc2[nH]ccc2c1.c1ccccc1. The van der Waals surface area contributed by atoms with Crippen LogP contribution in [0.25, 0.3) is 10.9 Å². The summed E-state index contributed by atoms with van der Waals surface area (Å²) in [6.07, 6.45) is 1.95. The number of carboxylic acids is 1. The van der Waals surface area contributed by atoms with Gasteiger partial charge < -0.3 is 15.2 Å². The molecule has 3 N–H and O–H groups in total. The van der Waals surface area contributed by atoms with Crippen LogP contribution in [0.5, 0.6) is 5.75 Å². The predicted octanol–water partition coefficient (Wildman–Crippen LogP) is 4.94. The first-order valence-corrected chi connectivity index (χ1v) is 7.72. The molecule has 0 fully saturated rings. The van der Waals surface area contributed by atoms with Crippen molar-refractivity contribution in [2.45, 2.75) is 0 Å². The molecule has 4 heteroatoms. The van der Waals surface area contributed by atoms with Crippen LogP contribution in [0.4, 0.5) is 0 Å². The third kappa shape index (κ3) is 5.88. The Labute approximate surface area is 146 Å². The van der Waals surface area contributed by atoms with Gasteiger partial charge in [-0.25, -0.2) is 4.79 Å². The average Bonchev–Trinajstić information content (AvgIpc) is 3.13. The lowest BCUT2D eigenvalue weighted by Gasteiger charge is -1.95. The molecule has 1 heterocycles. The highest BCUT2D eigenvalue weighted by Crippen LogP contribution is 2.14. The molecule has 0 aliphatic heterocycles. The molecule has 4 rings (SSSR count). The van der Waals surface area contributed by atoms with E-state index in [1.54, 1.807) is 12.1 Å². The number of aromatic carboxylic acids is 1. The maximum absolute atomic E-state index is 10.3. The molecular weight excluding hydrogens is 314 g/mol. The predicted molar refractivity (Wildman–Crippen MR) is 99.8 cm³/mol. The Morgan fingerprint density at radius 2 is 1.28 bits per heavy atom. The van der Waals surface area contributed by atoms with E-state index < -0.39 is 5.97 Å². The summed E-state index contributed by atoms with van der Waals surface area (Å²) in [6, 6.07) is 28.1. The van der Waals surface area contributed by atoms with E-state index in [2.05, 4.69) is 23.2 Å². The molecule has 4 nitrogen and oxygen atoms in total. The van der Waals surface area contributed by atoms with Crippen molar-refractivity contribution in [2.24, 2.45) is 0 Å². The smallest absolute Gasteiger partial charge is 0.339 e. The van der Waals surface area contributed by atoms with Crippen molar-refractivity contribution < 1.29 is 15.0 Å². The van der Waals surface area contributed by atoms with E-state index in [1.807, 2.05) is 54.7 Å². The number of phenols is 1. The highest BCUT2D eigenvalue weighted by Gasteiger charge is 2.05. The molecule has 126 valence electrons. The normalized spacial score (nSPS) is 9.28. The standard InChI is InChI=1S/C8H7N.C7H6O3.C6H6/c1-2-4-8-7(3-1)5-6-9-8;8-6-4-2-1-3-5(6)7(9)10;1-2-4-6-5-3-1/h1-6,9H;1-4,8H,(H,9,10);1-6H. The maximum Gasteiger partial charge on any atom is 0.339 e. The van der Waals surface area contributed by atoms with Gasteiger partial charge in [-0.1, -0.05) is 66.7 Å². The van der Waals surface area contributed by atoms with Gasteiger partial charge in [-0.2, -0.15) is 0 Å². The summed E-state index contributed by atoms with van der Waals surface area (Å²) < 4.78 is 0. The largest absolute Gasteiger partial charge is 0.507 e. The van der Waals surface area contributed by atoms with E-state index in [4.69, 9.17) is 10.2 Å². The number of rotatable bonds is 1. The lowest BCUT2D eigenvalue weighted by molar-refractivity contribution is 0.0693. The summed E-state index contributed by atoms with van der Waals surface area (Å²) in [4.78, 5) is 13.4. The number of aromatic hydroxyl groups is 1. The van der Waals surface area contributed by atoms with Gasteiger partial charge in [0.2, 0.25) is 0 Å². The Morgan fingerprint density at radius 1 is 0.720 bits per heavy atom. The molecule has 0 radical (unpaired) electrons. The van der Waals surface area contributed by atoms with Crippen molar-refractivity contribution in [3.8, 4) is 5.75 Å². The molecule has 0 amide bonds. The number of nitrogens with one attached hydrogen (secondary N) is 1. The van der Waals surface area contributed by atoms with E-state index in [9.17, 15) is 4.79 Å². The Morgan fingerprint density at radius 3 is 1.80 bits per heavy atom. The van der Waals surface area contributed by atoms with Gasteiger partial charge in [-0.3, -0.25) is 0 Å². The molecule has 0 atom stereocenters. The summed E-state index contributed by atoms with van der Waals surface area (Å²) >= 11 is 0. The summed E-state index contributed by atoms with van der Waals surface area (Å²) in [7, 11) is 0. The molecule has 0 aliphatic rings. The van der Waals surface area contributed by atoms with E-state index in [0.29, 0.717) is 0 Å². The van der Waals surface area contributed by atoms with Gasteiger partial charge >= 0.3 is 5.97 Å². The van der Waals surface area contributed by atoms with Gasteiger partial charge in [0, 0.05) is 11.7 Å². The first-order chi connectivity index (χ1) is 12.2. The van der Waals surface area contributed by atoms with Crippen LogP contribution in [0.3, 0.4) is 0 Å². The number of fused-ring (bicyclic) bond motifs is 1. The van der Waals surface area contributed by atoms with Gasteiger partial charge in [-0.15, -0.1) is 0 Å². The molecule has 0 aliphatic carbocycles. The molecule has 25 heavy (non-hydrogen) atoms. The van der Waals surface area contributed by atoms with E-state index >= 15 is 0 Å². The Kier molecular flexibility index (Phi) is 6.82. The number of para-hydroxylation sites is 2. The third-order valence-corrected chi connectivity index (χ3v) is 3.26. The molecule has 0 saturated heterocycles. The minimum Gasteiger partial charge on any atom is -0.507 e. The Balaban J connectivity index is 0.000000139. The van der Waals surface area contributed by atoms with Crippen LogP contribution < -0.4 is 0 Å². The fraction of sp³-hybridized carbons (Fsp3) is 0. The monoisotopic (exact) mass is 333 g/mol. The third-order valence-electron chi connectivity index (χ3n) is 3.26. The topological polar surface area (TPSA) is 73.3 Å². The van der Waals surface area contributed by atoms with E-state index in [1.165, 1.54) is 23.0 Å². The summed E-state index contributed by atoms with van der Waals surface area (Å²) in [5.74, 6) is -1.31. The first kappa shape index (κ1) is 17.8. The van der Waals surface area contributed by atoms with Gasteiger partial charge in [-0.05, 0) is 29.7 Å². The van der Waals surface area contributed by atoms with Crippen LogP contribution >= 0.6 is 0 Å². The summed E-state index contributed by atoms with van der Waals surface area (Å²) in [5, 5.41) is 18.6. The number of aromatic nitrogens is 1. The van der Waals surface area contributed by atoms with Crippen LogP contribution in [0.2, 0.25) is 0 Å². The van der Waals surface area contributed by atoms with Crippen molar-refractivity contribution in [2.75, 3.05) is 0 Å². The molecule has 4 aromatic rings. The summed E-state index contributed by atoms with van der Waals surface area (Å²) in [5.41, 5.74) is 1.14. The van der Waals surface area contributed by atoms with Gasteiger partial charge in [0.05, 0.1) is 0 Å². The quantitative estimate of drug-likeness (QED) is 0.462. The van der Waals surface area contributed by atoms with Crippen LogP contribution in [-0.4, -0.2) is 21.2 Å². The van der Waals surface area contributed by atoms with Crippen molar-refractivity contribution in [3.05, 3.63) is 103 Å². The maximum atomic E-state index is 10.3. The van der Waals surface area contributed by atoms with Crippen LogP contribution in [0, 0.1) is 0 Å². The lowest BCUT2D eigenvalue weighted by Crippen LogP contribution is -1.95. The van der Waals surface area contributed by atoms with Crippen molar-refractivity contribution in [1.82, 2.24) is 4.98 Å². The fourth-order valence-electron chi connectivity index (χ4n) is 2.03. The number of aromatic amines is 1. The van der Waals surface area contributed by atoms with Crippen LogP contribution in [-0.2, 0) is 0 Å². The second-order valence-corrected chi connectivity index (χ2v) is 5.04. The highest BCUT2D eigenvalue weighted by atomic mass is 16.4. The molecule has 3 aromatic carbocycles. The highest BCUT2D eigenvalue weighted by molar-refractivity contribution is 5.90. The van der Waals surface area contributed by atoms with Crippen LogP contribution in [0.1, 0.15) is 10.4 Å². The zero-order chi connectivity index (χ0) is 17.9. The van der Waals surface area contributed by atoms with Gasteiger partial charge in [0.25, 0.3) is 0 Å². The Hall–Kier alpha value is -3.53. The zero-order valence-corrected chi connectivity index (χ0v) is 13.5. The number of H-pyrrole nitrogens is 1. The first-order valence-electron chi connectivity index (χ1n) is 7.72. The van der Waals surface area contributed by atoms with Crippen molar-refractivity contribution in [3.63, 3.8) is 0 Å². The molecular formula is C21H19NO3. The number of carboxylic acid groups (broad SMARTS) is 1. The van der Waals surface area contributed by atoms with E-state index in [-0.39, 0.29) is 11.3 Å². The molecule has 0 bridgehead atoms. The number of carbonyl (C=O) groups is 1. The fourth-order valence-corrected chi connectivity index (χ4v) is 2.03. The lowest BCUT2D eigenvalue weighted by atomic mass is 10.2. The number of hydrogen-bond donors (Lipinski definition) is 3. The molecule has 1 aromatic heterocycles. The molecule has 0 unspecified atom stereocenters. The second kappa shape index (κ2) is 9.57. The van der Waals surface area contributed by atoms with Crippen LogP contribution in [0.15, 0.2) is 97.2 Å². The number of hydrogen-bond acceptors (Lipinski definition) is 2. The average molecular weight is 333 g/mol. The minimum absolute atomic E-state index is 0.0671. The van der Waals surface area contributed by atoms with Crippen molar-refractivity contribution in [1.29, 1.82) is 0 Å². The molecule has 0 saturated carbocycles. The summed E-state index contributed by atoms with van der Waals surface area (Å²) in [6.45, 7) is 0. The Bertz CT molecular complexity index is 844. The minimum atomic E-state index is -1.11. The van der Waals surface area contributed by atoms with E-state index in [0.717, 1.165) is 0 Å². The molecule has 0 spiro atoms. The second-order valence-electron chi connectivity index (χ2n) is 5.04. The number of benzene rings is 3.